The molecule has 0 aromatic rings. The fourth-order valence-corrected chi connectivity index (χ4v) is 1.24. The molecular formula is C7H16NO5+. The van der Waals surface area contributed by atoms with E-state index in [9.17, 15) is 0 Å². The maximum atomic E-state index is 8.84. The summed E-state index contributed by atoms with van der Waals surface area (Å²) in [5, 5.41) is 15.8. The molecule has 1 heterocycles. The molecule has 0 aromatic heterocycles. The average molecular weight is 194 g/mol. The van der Waals surface area contributed by atoms with Gasteiger partial charge in [-0.15, -0.1) is 15.3 Å². The van der Waals surface area contributed by atoms with Gasteiger partial charge in [0.2, 0.25) is 5.14 Å². The third kappa shape index (κ3) is 3.55. The first-order valence-electron chi connectivity index (χ1n) is 4.24. The summed E-state index contributed by atoms with van der Waals surface area (Å²) in [6, 6.07) is 0. The fourth-order valence-electron chi connectivity index (χ4n) is 1.24. The van der Waals surface area contributed by atoms with Gasteiger partial charge in [-0.1, -0.05) is 4.84 Å². The second-order valence-electron chi connectivity index (χ2n) is 3.11. The van der Waals surface area contributed by atoms with Crippen LogP contribution in [0, 0.1) is 0 Å². The molecule has 1 aliphatic heterocycles. The van der Waals surface area contributed by atoms with Crippen LogP contribution in [0.15, 0.2) is 0 Å². The van der Waals surface area contributed by atoms with Crippen molar-refractivity contribution in [1.82, 2.24) is 0 Å². The molecule has 0 bridgehead atoms. The van der Waals surface area contributed by atoms with Crippen LogP contribution in [-0.2, 0) is 14.4 Å². The first kappa shape index (κ1) is 10.8. The fraction of sp³-hybridized carbons (Fsp3) is 1.00. The Labute approximate surface area is 76.6 Å². The topological polar surface area (TPSA) is 68.2 Å². The van der Waals surface area contributed by atoms with Crippen LogP contribution in [0.2, 0.25) is 0 Å². The molecule has 1 saturated heterocycles. The van der Waals surface area contributed by atoms with Crippen molar-refractivity contribution >= 4 is 0 Å². The predicted molar refractivity (Wildman–Crippen MR) is 40.4 cm³/mol. The van der Waals surface area contributed by atoms with Crippen molar-refractivity contribution < 1.29 is 30.0 Å². The lowest BCUT2D eigenvalue weighted by atomic mass is 10.2. The molecule has 2 atom stereocenters. The molecule has 0 saturated carbocycles. The second-order valence-corrected chi connectivity index (χ2v) is 3.11. The number of quaternary nitrogens is 1. The average Bonchev–Trinajstić information content (AvgIpc) is 2.48. The lowest BCUT2D eigenvalue weighted by Crippen LogP contribution is -2.41. The van der Waals surface area contributed by atoms with E-state index in [4.69, 9.17) is 15.2 Å². The molecule has 1 aliphatic rings. The van der Waals surface area contributed by atoms with Crippen molar-refractivity contribution in [3.8, 4) is 0 Å². The van der Waals surface area contributed by atoms with Crippen LogP contribution in [0.1, 0.15) is 19.8 Å². The van der Waals surface area contributed by atoms with Crippen LogP contribution in [0.3, 0.4) is 0 Å². The monoisotopic (exact) mass is 194 g/mol. The van der Waals surface area contributed by atoms with Crippen LogP contribution in [0.5, 0.6) is 0 Å². The molecule has 0 aromatic carbocycles. The zero-order valence-corrected chi connectivity index (χ0v) is 7.84. The van der Waals surface area contributed by atoms with Crippen LogP contribution in [-0.4, -0.2) is 41.5 Å². The molecular weight excluding hydrogens is 178 g/mol. The summed E-state index contributed by atoms with van der Waals surface area (Å²) in [5.41, 5.74) is 0. The molecule has 2 unspecified atom stereocenters. The summed E-state index contributed by atoms with van der Waals surface area (Å²) in [5.74, 6) is 0. The van der Waals surface area contributed by atoms with E-state index in [0.29, 0.717) is 0 Å². The Hall–Kier alpha value is -0.240. The minimum atomic E-state index is -1.88. The van der Waals surface area contributed by atoms with Crippen molar-refractivity contribution in [3.05, 3.63) is 0 Å². The number of hydrogen-bond acceptors (Lipinski definition) is 5. The Morgan fingerprint density at radius 1 is 1.46 bits per heavy atom. The van der Waals surface area contributed by atoms with Gasteiger partial charge in [0.05, 0.1) is 12.2 Å². The third-order valence-electron chi connectivity index (χ3n) is 1.99. The first-order valence-corrected chi connectivity index (χ1v) is 4.24. The standard InChI is InChI=1S/C7H16NO5/c1-6-3-4-7(13-6)5-12-8(9,10)11-2/h6-7,9-10H,3-5H2,1-2H3/q+1. The van der Waals surface area contributed by atoms with Crippen LogP contribution in [0.25, 0.3) is 0 Å². The highest BCUT2D eigenvalue weighted by atomic mass is 17.3. The minimum absolute atomic E-state index is 0.0815. The van der Waals surface area contributed by atoms with Crippen molar-refractivity contribution in [2.45, 2.75) is 32.0 Å². The highest BCUT2D eigenvalue weighted by molar-refractivity contribution is 4.68. The second kappa shape index (κ2) is 4.32. The van der Waals surface area contributed by atoms with E-state index >= 15 is 0 Å². The Kier molecular flexibility index (Phi) is 3.60. The smallest absolute Gasteiger partial charge is 0.242 e. The quantitative estimate of drug-likeness (QED) is 0.508. The van der Waals surface area contributed by atoms with Gasteiger partial charge in [0.15, 0.2) is 0 Å². The summed E-state index contributed by atoms with van der Waals surface area (Å²) in [6.07, 6.45) is 1.97. The Morgan fingerprint density at radius 3 is 2.62 bits per heavy atom. The van der Waals surface area contributed by atoms with E-state index in [1.54, 1.807) is 0 Å². The maximum Gasteiger partial charge on any atom is 0.242 e. The van der Waals surface area contributed by atoms with Gasteiger partial charge in [-0.05, 0) is 19.8 Å². The van der Waals surface area contributed by atoms with Crippen LogP contribution in [0.4, 0.5) is 0 Å². The normalized spacial score (nSPS) is 29.5. The third-order valence-corrected chi connectivity index (χ3v) is 1.99. The summed E-state index contributed by atoms with van der Waals surface area (Å²) in [7, 11) is 1.12. The van der Waals surface area contributed by atoms with E-state index < -0.39 is 5.14 Å². The van der Waals surface area contributed by atoms with Gasteiger partial charge in [0.1, 0.15) is 13.7 Å². The Bertz CT molecular complexity index is 163. The van der Waals surface area contributed by atoms with E-state index in [1.807, 2.05) is 6.92 Å². The van der Waals surface area contributed by atoms with Gasteiger partial charge in [-0.3, -0.25) is 0 Å². The van der Waals surface area contributed by atoms with Gasteiger partial charge in [0, 0.05) is 0 Å². The Balaban J connectivity index is 2.19. The first-order chi connectivity index (χ1) is 6.03. The van der Waals surface area contributed by atoms with Crippen molar-refractivity contribution in [3.63, 3.8) is 0 Å². The van der Waals surface area contributed by atoms with Gasteiger partial charge < -0.3 is 4.74 Å². The van der Waals surface area contributed by atoms with E-state index in [0.717, 1.165) is 20.0 Å². The molecule has 2 N–H and O–H groups in total. The van der Waals surface area contributed by atoms with Crippen molar-refractivity contribution in [2.75, 3.05) is 13.7 Å². The summed E-state index contributed by atoms with van der Waals surface area (Å²) < 4.78 is 5.39. The molecule has 6 heteroatoms. The number of nitrogens with zero attached hydrogens (tertiary/aromatic N) is 1. The van der Waals surface area contributed by atoms with Gasteiger partial charge in [0.25, 0.3) is 0 Å². The number of hydrogen-bond donors (Lipinski definition) is 2. The summed E-state index contributed by atoms with van der Waals surface area (Å²) in [4.78, 5) is 8.81. The van der Waals surface area contributed by atoms with Gasteiger partial charge in [-0.25, -0.2) is 0 Å². The lowest BCUT2D eigenvalue weighted by molar-refractivity contribution is -1.47. The van der Waals surface area contributed by atoms with Crippen LogP contribution >= 0.6 is 0 Å². The lowest BCUT2D eigenvalue weighted by Gasteiger charge is -2.15. The molecule has 1 rings (SSSR count). The van der Waals surface area contributed by atoms with E-state index in [1.165, 1.54) is 0 Å². The molecule has 13 heavy (non-hydrogen) atoms. The zero-order valence-electron chi connectivity index (χ0n) is 7.84. The highest BCUT2D eigenvalue weighted by Crippen LogP contribution is 2.19. The van der Waals surface area contributed by atoms with Gasteiger partial charge in [-0.2, -0.15) is 0 Å². The molecule has 0 aliphatic carbocycles. The van der Waals surface area contributed by atoms with Crippen molar-refractivity contribution in [2.24, 2.45) is 0 Å². The molecule has 78 valence electrons. The van der Waals surface area contributed by atoms with Crippen LogP contribution < -0.4 is 0 Å². The summed E-state index contributed by atoms with van der Waals surface area (Å²) >= 11 is 0. The van der Waals surface area contributed by atoms with Crippen molar-refractivity contribution in [1.29, 1.82) is 0 Å². The molecule has 1 fully saturated rings. The maximum absolute atomic E-state index is 8.84. The predicted octanol–water partition coefficient (Wildman–Crippen LogP) is 0.642. The Morgan fingerprint density at radius 2 is 2.15 bits per heavy atom. The highest BCUT2D eigenvalue weighted by Gasteiger charge is 2.30. The van der Waals surface area contributed by atoms with E-state index in [-0.39, 0.29) is 18.8 Å². The molecule has 6 nitrogen and oxygen atoms in total. The largest absolute Gasteiger partial charge is 0.373 e. The minimum Gasteiger partial charge on any atom is -0.373 e. The molecule has 0 spiro atoms. The number of rotatable bonds is 4. The van der Waals surface area contributed by atoms with E-state index in [2.05, 4.69) is 9.68 Å². The SMILES string of the molecule is CO[N+](O)(O)OCC1CCC(C)O1. The zero-order chi connectivity index (χ0) is 9.90. The summed E-state index contributed by atoms with van der Waals surface area (Å²) in [6.45, 7) is 2.07. The number of ether oxygens (including phenoxy) is 1. The molecule has 0 radical (unpaired) electrons. The van der Waals surface area contributed by atoms with Gasteiger partial charge >= 0.3 is 0 Å². The molecule has 0 amide bonds.